The maximum Gasteiger partial charge on any atom is 0.221 e. The Morgan fingerprint density at radius 2 is 2.11 bits per heavy atom. The van der Waals surface area contributed by atoms with Gasteiger partial charge in [0.25, 0.3) is 0 Å². The number of benzene rings is 1. The number of para-hydroxylation sites is 1. The van der Waals surface area contributed by atoms with Crippen LogP contribution in [-0.4, -0.2) is 41.5 Å². The molecule has 150 valence electrons. The molecule has 28 heavy (non-hydrogen) atoms. The van der Waals surface area contributed by atoms with E-state index < -0.39 is 0 Å². The SMILES string of the molecule is CCCC[C@H]1CN(CCC(=O)NCCc2ccccn2)Cc2ccccc2O1. The third-order valence-electron chi connectivity index (χ3n) is 5.09. The van der Waals surface area contributed by atoms with Crippen molar-refractivity contribution in [1.82, 2.24) is 15.2 Å². The summed E-state index contributed by atoms with van der Waals surface area (Å²) in [5.74, 6) is 1.09. The van der Waals surface area contributed by atoms with Crippen molar-refractivity contribution >= 4 is 5.91 Å². The van der Waals surface area contributed by atoms with Gasteiger partial charge in [0.15, 0.2) is 0 Å². The molecular weight excluding hydrogens is 350 g/mol. The van der Waals surface area contributed by atoms with Crippen LogP contribution in [0.5, 0.6) is 5.75 Å². The van der Waals surface area contributed by atoms with Gasteiger partial charge in [0.05, 0.1) is 0 Å². The van der Waals surface area contributed by atoms with Crippen molar-refractivity contribution in [2.24, 2.45) is 0 Å². The summed E-state index contributed by atoms with van der Waals surface area (Å²) >= 11 is 0. The predicted octanol–water partition coefficient (Wildman–Crippen LogP) is 3.58. The summed E-state index contributed by atoms with van der Waals surface area (Å²) in [6, 6.07) is 14.1. The highest BCUT2D eigenvalue weighted by molar-refractivity contribution is 5.76. The molecule has 0 fully saturated rings. The quantitative estimate of drug-likeness (QED) is 0.721. The maximum atomic E-state index is 12.3. The molecule has 0 saturated carbocycles. The van der Waals surface area contributed by atoms with Crippen LogP contribution in [0, 0.1) is 0 Å². The van der Waals surface area contributed by atoms with Crippen LogP contribution in [0.15, 0.2) is 48.7 Å². The molecule has 5 heteroatoms. The number of hydrogen-bond donors (Lipinski definition) is 1. The monoisotopic (exact) mass is 381 g/mol. The van der Waals surface area contributed by atoms with Gasteiger partial charge in [-0.1, -0.05) is 37.6 Å². The fourth-order valence-corrected chi connectivity index (χ4v) is 3.54. The summed E-state index contributed by atoms with van der Waals surface area (Å²) < 4.78 is 6.26. The molecule has 2 aromatic rings. The molecule has 1 atom stereocenters. The lowest BCUT2D eigenvalue weighted by Gasteiger charge is -2.23. The number of nitrogens with one attached hydrogen (secondary N) is 1. The molecule has 1 amide bonds. The van der Waals surface area contributed by atoms with Crippen molar-refractivity contribution in [3.63, 3.8) is 0 Å². The smallest absolute Gasteiger partial charge is 0.221 e. The standard InChI is InChI=1S/C23H31N3O2/c1-2-3-10-21-18-26(17-19-8-4-5-11-22(19)28-21)16-13-23(27)25-15-12-20-9-6-7-14-24-20/h4-9,11,14,21H,2-3,10,12-13,15-18H2,1H3,(H,25,27)/t21-/m0/s1. The van der Waals surface area contributed by atoms with Crippen molar-refractivity contribution < 1.29 is 9.53 Å². The van der Waals surface area contributed by atoms with E-state index in [0.29, 0.717) is 13.0 Å². The molecule has 0 saturated heterocycles. The molecule has 0 bridgehead atoms. The van der Waals surface area contributed by atoms with Crippen molar-refractivity contribution in [2.45, 2.75) is 51.7 Å². The molecular formula is C23H31N3O2. The zero-order chi connectivity index (χ0) is 19.6. The van der Waals surface area contributed by atoms with Crippen LogP contribution in [-0.2, 0) is 17.8 Å². The van der Waals surface area contributed by atoms with E-state index in [2.05, 4.69) is 40.3 Å². The van der Waals surface area contributed by atoms with Crippen LogP contribution in [0.4, 0.5) is 0 Å². The second-order valence-corrected chi connectivity index (χ2v) is 7.40. The van der Waals surface area contributed by atoms with Crippen molar-refractivity contribution in [1.29, 1.82) is 0 Å². The lowest BCUT2D eigenvalue weighted by Crippen LogP contribution is -2.36. The van der Waals surface area contributed by atoms with Gasteiger partial charge < -0.3 is 10.1 Å². The largest absolute Gasteiger partial charge is 0.489 e. The fourth-order valence-electron chi connectivity index (χ4n) is 3.54. The van der Waals surface area contributed by atoms with E-state index in [1.165, 1.54) is 12.0 Å². The number of pyridine rings is 1. The van der Waals surface area contributed by atoms with E-state index in [-0.39, 0.29) is 12.0 Å². The third kappa shape index (κ3) is 6.34. The number of aromatic nitrogens is 1. The van der Waals surface area contributed by atoms with Gasteiger partial charge in [0.1, 0.15) is 11.9 Å². The molecule has 1 aliphatic rings. The Bertz CT molecular complexity index is 736. The van der Waals surface area contributed by atoms with Crippen LogP contribution in [0.3, 0.4) is 0 Å². The Hall–Kier alpha value is -2.40. The number of carbonyl (C=O) groups excluding carboxylic acids is 1. The number of rotatable bonds is 9. The van der Waals surface area contributed by atoms with E-state index in [1.807, 2.05) is 24.3 Å². The fraction of sp³-hybridized carbons (Fsp3) is 0.478. The van der Waals surface area contributed by atoms with Crippen molar-refractivity contribution in [3.05, 3.63) is 59.9 Å². The van der Waals surface area contributed by atoms with Gasteiger partial charge in [-0.15, -0.1) is 0 Å². The van der Waals surface area contributed by atoms with Crippen LogP contribution < -0.4 is 10.1 Å². The van der Waals surface area contributed by atoms with Crippen molar-refractivity contribution in [3.8, 4) is 5.75 Å². The topological polar surface area (TPSA) is 54.5 Å². The van der Waals surface area contributed by atoms with E-state index in [0.717, 1.165) is 50.3 Å². The van der Waals surface area contributed by atoms with Gasteiger partial charge in [-0.05, 0) is 31.0 Å². The maximum absolute atomic E-state index is 12.3. The molecule has 1 N–H and O–H groups in total. The minimum Gasteiger partial charge on any atom is -0.489 e. The predicted molar refractivity (Wildman–Crippen MR) is 111 cm³/mol. The first-order valence-corrected chi connectivity index (χ1v) is 10.4. The highest BCUT2D eigenvalue weighted by Gasteiger charge is 2.22. The second kappa shape index (κ2) is 10.8. The molecule has 1 aliphatic heterocycles. The summed E-state index contributed by atoms with van der Waals surface area (Å²) in [5, 5.41) is 3.01. The Morgan fingerprint density at radius 1 is 1.25 bits per heavy atom. The van der Waals surface area contributed by atoms with Gasteiger partial charge >= 0.3 is 0 Å². The minimum atomic E-state index is 0.0967. The molecule has 0 unspecified atom stereocenters. The first-order chi connectivity index (χ1) is 13.7. The van der Waals surface area contributed by atoms with E-state index in [1.54, 1.807) is 6.20 Å². The minimum absolute atomic E-state index is 0.0967. The summed E-state index contributed by atoms with van der Waals surface area (Å²) in [6.07, 6.45) is 6.62. The highest BCUT2D eigenvalue weighted by atomic mass is 16.5. The first kappa shape index (κ1) is 20.3. The van der Waals surface area contributed by atoms with Gasteiger partial charge in [-0.3, -0.25) is 14.7 Å². The molecule has 1 aromatic heterocycles. The number of nitrogens with zero attached hydrogens (tertiary/aromatic N) is 2. The van der Waals surface area contributed by atoms with E-state index in [4.69, 9.17) is 4.74 Å². The molecule has 0 radical (unpaired) electrons. The Labute approximate surface area is 168 Å². The summed E-state index contributed by atoms with van der Waals surface area (Å²) in [5.41, 5.74) is 2.21. The number of carbonyl (C=O) groups is 1. The summed E-state index contributed by atoms with van der Waals surface area (Å²) in [6.45, 7) is 5.28. The number of ether oxygens (including phenoxy) is 1. The lowest BCUT2D eigenvalue weighted by molar-refractivity contribution is -0.121. The average Bonchev–Trinajstić information content (AvgIpc) is 2.90. The number of unbranched alkanes of at least 4 members (excludes halogenated alkanes) is 1. The zero-order valence-electron chi connectivity index (χ0n) is 16.8. The molecule has 5 nitrogen and oxygen atoms in total. The second-order valence-electron chi connectivity index (χ2n) is 7.40. The van der Waals surface area contributed by atoms with Crippen LogP contribution in [0.1, 0.15) is 43.9 Å². The van der Waals surface area contributed by atoms with Crippen LogP contribution >= 0.6 is 0 Å². The molecule has 2 heterocycles. The first-order valence-electron chi connectivity index (χ1n) is 10.4. The van der Waals surface area contributed by atoms with Crippen LogP contribution in [0.2, 0.25) is 0 Å². The van der Waals surface area contributed by atoms with E-state index >= 15 is 0 Å². The Morgan fingerprint density at radius 3 is 2.93 bits per heavy atom. The van der Waals surface area contributed by atoms with Gasteiger partial charge in [-0.2, -0.15) is 0 Å². The molecule has 0 aliphatic carbocycles. The molecule has 1 aromatic carbocycles. The zero-order valence-corrected chi connectivity index (χ0v) is 16.8. The van der Waals surface area contributed by atoms with Crippen LogP contribution in [0.25, 0.3) is 0 Å². The number of amides is 1. The van der Waals surface area contributed by atoms with Gasteiger partial charge in [0, 0.05) is 56.5 Å². The lowest BCUT2D eigenvalue weighted by atomic mass is 10.1. The van der Waals surface area contributed by atoms with Crippen molar-refractivity contribution in [2.75, 3.05) is 19.6 Å². The Kier molecular flexibility index (Phi) is 7.85. The number of fused-ring (bicyclic) bond motifs is 1. The van der Waals surface area contributed by atoms with Gasteiger partial charge in [0.2, 0.25) is 5.91 Å². The van der Waals surface area contributed by atoms with Gasteiger partial charge in [-0.25, -0.2) is 0 Å². The summed E-state index contributed by atoms with van der Waals surface area (Å²) in [4.78, 5) is 18.9. The normalized spacial score (nSPS) is 16.7. The third-order valence-corrected chi connectivity index (χ3v) is 5.09. The van der Waals surface area contributed by atoms with E-state index in [9.17, 15) is 4.79 Å². The average molecular weight is 382 g/mol. The molecule has 3 rings (SSSR count). The summed E-state index contributed by atoms with van der Waals surface area (Å²) in [7, 11) is 0. The Balaban J connectivity index is 1.48. The molecule has 0 spiro atoms. The highest BCUT2D eigenvalue weighted by Crippen LogP contribution is 2.26. The number of hydrogen-bond acceptors (Lipinski definition) is 4.